The highest BCUT2D eigenvalue weighted by Gasteiger charge is 2.49. The fourth-order valence-corrected chi connectivity index (χ4v) is 5.84. The largest absolute Gasteiger partial charge is 0.508 e. The molecule has 4 N–H and O–H groups in total. The van der Waals surface area contributed by atoms with Crippen LogP contribution in [0.25, 0.3) is 11.1 Å². The molecule has 39 heavy (non-hydrogen) atoms. The van der Waals surface area contributed by atoms with Gasteiger partial charge in [-0.3, -0.25) is 9.36 Å². The van der Waals surface area contributed by atoms with E-state index in [9.17, 15) is 29.4 Å². The number of para-hydroxylation sites is 1. The summed E-state index contributed by atoms with van der Waals surface area (Å²) >= 11 is 6.07. The maximum atomic E-state index is 13.3. The van der Waals surface area contributed by atoms with Crippen molar-refractivity contribution in [2.24, 2.45) is 5.92 Å². The summed E-state index contributed by atoms with van der Waals surface area (Å²) in [6.45, 7) is 0. The number of phenols is 1. The summed E-state index contributed by atoms with van der Waals surface area (Å²) in [7, 11) is -4.35. The second kappa shape index (κ2) is 11.0. The predicted octanol–water partition coefficient (Wildman–Crippen LogP) is 5.73. The number of rotatable bonds is 8. The van der Waals surface area contributed by atoms with Crippen LogP contribution in [0.2, 0.25) is 5.02 Å². The third-order valence-electron chi connectivity index (χ3n) is 7.12. The molecular formula is C30H27ClNO6P. The number of phenolic OH excluding ortho intramolecular Hbond substituents is 1. The minimum Gasteiger partial charge on any atom is -0.508 e. The van der Waals surface area contributed by atoms with Crippen molar-refractivity contribution in [1.29, 1.82) is 0 Å². The molecule has 0 aliphatic carbocycles. The Hall–Kier alpha value is -3.45. The van der Waals surface area contributed by atoms with Gasteiger partial charge < -0.3 is 24.9 Å². The van der Waals surface area contributed by atoms with Crippen LogP contribution in [0.1, 0.15) is 36.1 Å². The van der Waals surface area contributed by atoms with E-state index < -0.39 is 25.7 Å². The number of hydrogen-bond acceptors (Lipinski definition) is 4. The van der Waals surface area contributed by atoms with Crippen molar-refractivity contribution in [3.8, 4) is 16.9 Å². The van der Waals surface area contributed by atoms with Gasteiger partial charge in [0.1, 0.15) is 5.75 Å². The molecule has 5 rings (SSSR count). The smallest absolute Gasteiger partial charge is 0.356 e. The Morgan fingerprint density at radius 1 is 0.872 bits per heavy atom. The number of hydrogen-bond donors (Lipinski definition) is 4. The van der Waals surface area contributed by atoms with Crippen LogP contribution in [0.5, 0.6) is 5.75 Å². The van der Waals surface area contributed by atoms with Gasteiger partial charge in [0.2, 0.25) is 5.91 Å². The monoisotopic (exact) mass is 563 g/mol. The van der Waals surface area contributed by atoms with Gasteiger partial charge in [0.15, 0.2) is 0 Å². The van der Waals surface area contributed by atoms with E-state index in [1.54, 1.807) is 53.4 Å². The van der Waals surface area contributed by atoms with Gasteiger partial charge in [0, 0.05) is 16.3 Å². The maximum Gasteiger partial charge on any atom is 0.356 e. The van der Waals surface area contributed by atoms with Crippen LogP contribution in [0.15, 0.2) is 97.1 Å². The van der Waals surface area contributed by atoms with Crippen molar-refractivity contribution in [2.45, 2.75) is 25.0 Å². The van der Waals surface area contributed by atoms with Crippen LogP contribution < -0.4 is 10.2 Å². The van der Waals surface area contributed by atoms with Crippen LogP contribution in [0.3, 0.4) is 0 Å². The minimum absolute atomic E-state index is 0.00499. The summed E-state index contributed by atoms with van der Waals surface area (Å²) in [5, 5.41) is 22.3. The molecule has 1 amide bonds. The summed E-state index contributed by atoms with van der Waals surface area (Å²) in [5.74, 6) is -0.523. The van der Waals surface area contributed by atoms with E-state index in [0.717, 1.165) is 5.69 Å². The van der Waals surface area contributed by atoms with Gasteiger partial charge in [0.05, 0.1) is 23.4 Å². The second-order valence-electron chi connectivity index (χ2n) is 9.61. The first-order valence-corrected chi connectivity index (χ1v) is 14.4. The topological polar surface area (TPSA) is 118 Å². The summed E-state index contributed by atoms with van der Waals surface area (Å²) in [6, 6.07) is 26.9. The number of halogens is 1. The molecule has 1 fully saturated rings. The number of aliphatic hydroxyl groups is 1. The number of aliphatic hydroxyl groups excluding tert-OH is 1. The number of aromatic hydroxyl groups is 1. The van der Waals surface area contributed by atoms with Crippen molar-refractivity contribution in [1.82, 2.24) is 0 Å². The minimum atomic E-state index is -4.35. The van der Waals surface area contributed by atoms with Gasteiger partial charge in [-0.2, -0.15) is 0 Å². The first-order chi connectivity index (χ1) is 18.6. The molecule has 1 heterocycles. The third kappa shape index (κ3) is 5.64. The second-order valence-corrected chi connectivity index (χ2v) is 11.6. The van der Waals surface area contributed by atoms with E-state index in [1.807, 2.05) is 36.4 Å². The molecular weight excluding hydrogens is 537 g/mol. The van der Waals surface area contributed by atoms with Gasteiger partial charge in [-0.05, 0) is 72.0 Å². The third-order valence-corrected chi connectivity index (χ3v) is 8.32. The summed E-state index contributed by atoms with van der Waals surface area (Å²) in [5.41, 5.74) is 3.33. The number of carbonyl (C=O) groups excluding carboxylic acids is 1. The highest BCUT2D eigenvalue weighted by atomic mass is 35.5. The van der Waals surface area contributed by atoms with E-state index >= 15 is 0 Å². The quantitative estimate of drug-likeness (QED) is 0.160. The first kappa shape index (κ1) is 27.1. The van der Waals surface area contributed by atoms with E-state index in [2.05, 4.69) is 0 Å². The number of amides is 1. The zero-order valence-electron chi connectivity index (χ0n) is 20.8. The number of benzene rings is 4. The molecule has 0 bridgehead atoms. The van der Waals surface area contributed by atoms with Crippen molar-refractivity contribution >= 4 is 36.1 Å². The Morgan fingerprint density at radius 3 is 2.21 bits per heavy atom. The van der Waals surface area contributed by atoms with Crippen LogP contribution >= 0.6 is 19.2 Å². The Balaban J connectivity index is 1.42. The Bertz CT molecular complexity index is 1540. The highest BCUT2D eigenvalue weighted by Crippen LogP contribution is 2.49. The van der Waals surface area contributed by atoms with E-state index in [1.165, 1.54) is 12.1 Å². The maximum absolute atomic E-state index is 13.3. The van der Waals surface area contributed by atoms with Crippen LogP contribution in [-0.2, 0) is 9.36 Å². The number of nitrogens with zero attached hydrogens (tertiary/aromatic N) is 1. The first-order valence-electron chi connectivity index (χ1n) is 12.4. The predicted molar refractivity (Wildman–Crippen MR) is 151 cm³/mol. The summed E-state index contributed by atoms with van der Waals surface area (Å²) in [4.78, 5) is 33.7. The number of carbonyl (C=O) groups is 1. The van der Waals surface area contributed by atoms with Gasteiger partial charge in [0.25, 0.3) is 0 Å². The molecule has 0 aromatic heterocycles. The highest BCUT2D eigenvalue weighted by molar-refractivity contribution is 7.60. The Morgan fingerprint density at radius 2 is 1.56 bits per heavy atom. The molecule has 200 valence electrons. The molecule has 0 saturated carbocycles. The molecule has 3 unspecified atom stereocenters. The molecule has 1 saturated heterocycles. The molecule has 0 radical (unpaired) electrons. The number of β-lactam (4-membered cyclic amide) rings is 1. The van der Waals surface area contributed by atoms with Crippen molar-refractivity contribution in [2.75, 3.05) is 4.90 Å². The van der Waals surface area contributed by atoms with Crippen LogP contribution in [-0.4, -0.2) is 25.9 Å². The lowest BCUT2D eigenvalue weighted by Gasteiger charge is -2.48. The van der Waals surface area contributed by atoms with E-state index in [0.29, 0.717) is 40.1 Å². The van der Waals surface area contributed by atoms with E-state index in [-0.39, 0.29) is 17.0 Å². The fraction of sp³-hybridized carbons (Fsp3) is 0.167. The van der Waals surface area contributed by atoms with Gasteiger partial charge in [-0.25, -0.2) is 0 Å². The standard InChI is InChI=1S/C30H27ClNO6P/c31-22-6-4-5-21(17-22)27(33)16-15-26-29(32(30(26)35)23-7-2-1-3-8-23)25-14-11-20(18-28(25)34)19-9-12-24(13-10-19)39(36,37)38/h1-14,17-18,26-27,29,33-34H,15-16H2,(H2,36,37,38). The molecule has 3 atom stereocenters. The molecule has 4 aromatic rings. The van der Waals surface area contributed by atoms with Crippen LogP contribution in [0, 0.1) is 5.92 Å². The van der Waals surface area contributed by atoms with Crippen LogP contribution in [0.4, 0.5) is 5.69 Å². The Kier molecular flexibility index (Phi) is 7.63. The number of anilines is 1. The van der Waals surface area contributed by atoms with Crippen molar-refractivity contribution in [3.63, 3.8) is 0 Å². The zero-order valence-corrected chi connectivity index (χ0v) is 22.4. The average Bonchev–Trinajstić information content (AvgIpc) is 2.92. The van der Waals surface area contributed by atoms with Gasteiger partial charge in [-0.15, -0.1) is 0 Å². The lowest BCUT2D eigenvalue weighted by Crippen LogP contribution is -2.55. The SMILES string of the molecule is O=C1C(CCC(O)c2cccc(Cl)c2)C(c2ccc(-c3ccc(P(=O)(O)O)cc3)cc2O)N1c1ccccc1. The summed E-state index contributed by atoms with van der Waals surface area (Å²) in [6.07, 6.45) is -0.0263. The normalized spacial score (nSPS) is 18.1. The molecule has 1 aliphatic rings. The summed E-state index contributed by atoms with van der Waals surface area (Å²) < 4.78 is 11.5. The van der Waals surface area contributed by atoms with Gasteiger partial charge >= 0.3 is 7.60 Å². The lowest BCUT2D eigenvalue weighted by atomic mass is 9.77. The molecule has 0 spiro atoms. The van der Waals surface area contributed by atoms with E-state index in [4.69, 9.17) is 11.6 Å². The van der Waals surface area contributed by atoms with Crippen molar-refractivity contribution < 1.29 is 29.4 Å². The Labute approximate surface area is 231 Å². The zero-order chi connectivity index (χ0) is 27.7. The molecule has 4 aromatic carbocycles. The lowest BCUT2D eigenvalue weighted by molar-refractivity contribution is -0.131. The fourth-order valence-electron chi connectivity index (χ4n) is 5.10. The average molecular weight is 564 g/mol. The molecule has 7 nitrogen and oxygen atoms in total. The molecule has 9 heteroatoms. The molecule has 1 aliphatic heterocycles. The van der Waals surface area contributed by atoms with Crippen molar-refractivity contribution in [3.05, 3.63) is 113 Å². The van der Waals surface area contributed by atoms with Gasteiger partial charge in [-0.1, -0.05) is 66.2 Å².